The van der Waals surface area contributed by atoms with Gasteiger partial charge in [-0.05, 0) is 37.1 Å². The lowest BCUT2D eigenvalue weighted by molar-refractivity contribution is 0.242. The maximum Gasteiger partial charge on any atom is 0.129 e. The van der Waals surface area contributed by atoms with Crippen molar-refractivity contribution in [2.75, 3.05) is 0 Å². The molecule has 0 saturated carbocycles. The third-order valence-corrected chi connectivity index (χ3v) is 3.76. The number of aliphatic hydroxyl groups is 1. The summed E-state index contributed by atoms with van der Waals surface area (Å²) in [6.07, 6.45) is 0.953. The molecule has 0 radical (unpaired) electrons. The van der Waals surface area contributed by atoms with Crippen molar-refractivity contribution >= 4 is 15.9 Å². The Morgan fingerprint density at radius 1 is 1.21 bits per heavy atom. The van der Waals surface area contributed by atoms with Gasteiger partial charge >= 0.3 is 0 Å². The van der Waals surface area contributed by atoms with E-state index in [1.807, 2.05) is 18.2 Å². The molecule has 1 atom stereocenters. The van der Waals surface area contributed by atoms with Crippen molar-refractivity contribution in [3.63, 3.8) is 0 Å². The molecule has 1 aromatic carbocycles. The molecule has 0 amide bonds. The van der Waals surface area contributed by atoms with Crippen molar-refractivity contribution in [3.05, 3.63) is 58.0 Å². The first-order valence-corrected chi connectivity index (χ1v) is 7.13. The van der Waals surface area contributed by atoms with E-state index in [0.717, 1.165) is 16.7 Å². The van der Waals surface area contributed by atoms with E-state index in [9.17, 15) is 0 Å². The maximum atomic E-state index is 8.93. The number of furan rings is 1. The van der Waals surface area contributed by atoms with E-state index in [1.54, 1.807) is 6.07 Å². The van der Waals surface area contributed by atoms with Gasteiger partial charge in [-0.15, -0.1) is 0 Å². The molecule has 0 saturated heterocycles. The quantitative estimate of drug-likeness (QED) is 0.857. The highest BCUT2D eigenvalue weighted by molar-refractivity contribution is 9.10. The van der Waals surface area contributed by atoms with Gasteiger partial charge in [0.25, 0.3) is 0 Å². The minimum atomic E-state index is -0.0491. The van der Waals surface area contributed by atoms with Crippen LogP contribution in [0.3, 0.4) is 0 Å². The normalized spacial score (nSPS) is 12.6. The average molecular weight is 324 g/mol. The second kappa shape index (κ2) is 6.89. The van der Waals surface area contributed by atoms with Gasteiger partial charge < -0.3 is 14.8 Å². The standard InChI is InChI=1S/C15H18BrNO2/c1-11(8-12-4-2-3-5-15(12)16)17-9-13-6-7-14(10-18)19-13/h2-7,11,17-18H,8-10H2,1H3/t11-/m0/s1. The summed E-state index contributed by atoms with van der Waals surface area (Å²) >= 11 is 3.56. The van der Waals surface area contributed by atoms with E-state index in [-0.39, 0.29) is 6.61 Å². The summed E-state index contributed by atoms with van der Waals surface area (Å²) in [5.41, 5.74) is 1.29. The molecule has 0 fully saturated rings. The van der Waals surface area contributed by atoms with Crippen LogP contribution in [0.2, 0.25) is 0 Å². The zero-order valence-corrected chi connectivity index (χ0v) is 12.5. The van der Waals surface area contributed by atoms with E-state index in [4.69, 9.17) is 9.52 Å². The van der Waals surface area contributed by atoms with Crippen LogP contribution in [-0.2, 0) is 19.6 Å². The Bertz CT molecular complexity index is 524. The van der Waals surface area contributed by atoms with Crippen LogP contribution >= 0.6 is 15.9 Å². The predicted molar refractivity (Wildman–Crippen MR) is 78.8 cm³/mol. The van der Waals surface area contributed by atoms with Crippen LogP contribution in [0.4, 0.5) is 0 Å². The van der Waals surface area contributed by atoms with Crippen LogP contribution in [0.1, 0.15) is 24.0 Å². The highest BCUT2D eigenvalue weighted by atomic mass is 79.9. The summed E-state index contributed by atoms with van der Waals surface area (Å²) in [4.78, 5) is 0. The summed E-state index contributed by atoms with van der Waals surface area (Å²) in [7, 11) is 0. The van der Waals surface area contributed by atoms with Crippen LogP contribution < -0.4 is 5.32 Å². The fourth-order valence-corrected chi connectivity index (χ4v) is 2.39. The smallest absolute Gasteiger partial charge is 0.129 e. The van der Waals surface area contributed by atoms with Crippen molar-refractivity contribution in [2.45, 2.75) is 32.5 Å². The summed E-state index contributed by atoms with van der Waals surface area (Å²) in [5.74, 6) is 1.46. The Kier molecular flexibility index (Phi) is 5.19. The average Bonchev–Trinajstić information content (AvgIpc) is 2.87. The number of benzene rings is 1. The lowest BCUT2D eigenvalue weighted by atomic mass is 10.1. The Labute approximate surface area is 121 Å². The van der Waals surface area contributed by atoms with E-state index in [1.165, 1.54) is 5.56 Å². The molecule has 0 aliphatic carbocycles. The van der Waals surface area contributed by atoms with Crippen LogP contribution in [0.25, 0.3) is 0 Å². The van der Waals surface area contributed by atoms with Gasteiger partial charge in [0, 0.05) is 10.5 Å². The van der Waals surface area contributed by atoms with Crippen molar-refractivity contribution in [1.29, 1.82) is 0 Å². The zero-order valence-electron chi connectivity index (χ0n) is 10.9. The molecular formula is C15H18BrNO2. The van der Waals surface area contributed by atoms with Gasteiger partial charge in [0.05, 0.1) is 6.54 Å². The molecule has 102 valence electrons. The molecule has 1 aromatic heterocycles. The molecule has 0 unspecified atom stereocenters. The number of nitrogens with one attached hydrogen (secondary N) is 1. The number of hydrogen-bond acceptors (Lipinski definition) is 3. The molecule has 3 nitrogen and oxygen atoms in total. The van der Waals surface area contributed by atoms with Gasteiger partial charge in [-0.25, -0.2) is 0 Å². The van der Waals surface area contributed by atoms with E-state index >= 15 is 0 Å². The molecule has 2 rings (SSSR count). The Balaban J connectivity index is 1.84. The molecule has 2 N–H and O–H groups in total. The number of rotatable bonds is 6. The molecule has 19 heavy (non-hydrogen) atoms. The van der Waals surface area contributed by atoms with Crippen molar-refractivity contribution in [2.24, 2.45) is 0 Å². The zero-order chi connectivity index (χ0) is 13.7. The molecule has 4 heteroatoms. The van der Waals surface area contributed by atoms with Gasteiger partial charge in [0.1, 0.15) is 18.1 Å². The van der Waals surface area contributed by atoms with Crippen LogP contribution in [-0.4, -0.2) is 11.1 Å². The first kappa shape index (κ1) is 14.3. The second-order valence-corrected chi connectivity index (χ2v) is 5.46. The molecule has 0 spiro atoms. The fourth-order valence-electron chi connectivity index (χ4n) is 1.94. The topological polar surface area (TPSA) is 45.4 Å². The Morgan fingerprint density at radius 3 is 2.63 bits per heavy atom. The van der Waals surface area contributed by atoms with Crippen LogP contribution in [0.15, 0.2) is 45.3 Å². The van der Waals surface area contributed by atoms with Crippen molar-refractivity contribution in [1.82, 2.24) is 5.32 Å². The molecule has 2 aromatic rings. The SMILES string of the molecule is C[C@@H](Cc1ccccc1Br)NCc1ccc(CO)o1. The summed E-state index contributed by atoms with van der Waals surface area (Å²) < 4.78 is 6.58. The van der Waals surface area contributed by atoms with E-state index in [0.29, 0.717) is 18.3 Å². The fraction of sp³-hybridized carbons (Fsp3) is 0.333. The van der Waals surface area contributed by atoms with E-state index < -0.39 is 0 Å². The van der Waals surface area contributed by atoms with Gasteiger partial charge in [-0.2, -0.15) is 0 Å². The van der Waals surface area contributed by atoms with Crippen molar-refractivity contribution < 1.29 is 9.52 Å². The summed E-state index contributed by atoms with van der Waals surface area (Å²) in [6, 6.07) is 12.3. The minimum Gasteiger partial charge on any atom is -0.462 e. The minimum absolute atomic E-state index is 0.0491. The number of halogens is 1. The van der Waals surface area contributed by atoms with Crippen molar-refractivity contribution in [3.8, 4) is 0 Å². The Morgan fingerprint density at radius 2 is 1.95 bits per heavy atom. The van der Waals surface area contributed by atoms with Crippen LogP contribution in [0, 0.1) is 0 Å². The lowest BCUT2D eigenvalue weighted by Gasteiger charge is -2.14. The van der Waals surface area contributed by atoms with Crippen LogP contribution in [0.5, 0.6) is 0 Å². The lowest BCUT2D eigenvalue weighted by Crippen LogP contribution is -2.27. The second-order valence-electron chi connectivity index (χ2n) is 4.60. The first-order valence-electron chi connectivity index (χ1n) is 6.34. The first-order chi connectivity index (χ1) is 9.19. The molecule has 0 aliphatic rings. The molecule has 1 heterocycles. The predicted octanol–water partition coefficient (Wildman–Crippen LogP) is 3.26. The summed E-state index contributed by atoms with van der Waals surface area (Å²) in [6.45, 7) is 2.77. The number of aliphatic hydroxyl groups excluding tert-OH is 1. The highest BCUT2D eigenvalue weighted by Gasteiger charge is 2.07. The number of hydrogen-bond donors (Lipinski definition) is 2. The van der Waals surface area contributed by atoms with Gasteiger partial charge in [-0.3, -0.25) is 0 Å². The third-order valence-electron chi connectivity index (χ3n) is 2.98. The highest BCUT2D eigenvalue weighted by Crippen LogP contribution is 2.17. The van der Waals surface area contributed by atoms with E-state index in [2.05, 4.69) is 40.3 Å². The molecule has 0 aliphatic heterocycles. The molecular weight excluding hydrogens is 306 g/mol. The Hall–Kier alpha value is -1.10. The summed E-state index contributed by atoms with van der Waals surface area (Å²) in [5, 5.41) is 12.4. The monoisotopic (exact) mass is 323 g/mol. The largest absolute Gasteiger partial charge is 0.462 e. The molecule has 0 bridgehead atoms. The maximum absolute atomic E-state index is 8.93. The third kappa shape index (κ3) is 4.20. The van der Waals surface area contributed by atoms with Gasteiger partial charge in [0.15, 0.2) is 0 Å². The van der Waals surface area contributed by atoms with Gasteiger partial charge in [0.2, 0.25) is 0 Å². The van der Waals surface area contributed by atoms with Gasteiger partial charge in [-0.1, -0.05) is 34.1 Å².